The lowest BCUT2D eigenvalue weighted by atomic mass is 9.74. The molecular weight excluding hydrogens is 518 g/mol. The van der Waals surface area contributed by atoms with Gasteiger partial charge < -0.3 is 14.9 Å². The largest absolute Gasteiger partial charge is 0.491 e. The van der Waals surface area contributed by atoms with E-state index < -0.39 is 23.1 Å². The summed E-state index contributed by atoms with van der Waals surface area (Å²) in [6, 6.07) is 14.8. The van der Waals surface area contributed by atoms with Gasteiger partial charge in [0.05, 0.1) is 17.4 Å². The minimum Gasteiger partial charge on any atom is -0.491 e. The average Bonchev–Trinajstić information content (AvgIpc) is 3.26. The molecule has 0 aliphatic heterocycles. The van der Waals surface area contributed by atoms with Gasteiger partial charge in [-0.3, -0.25) is 4.72 Å². The third-order valence-corrected chi connectivity index (χ3v) is 10.2. The van der Waals surface area contributed by atoms with Crippen LogP contribution in [0.15, 0.2) is 52.7 Å². The first-order valence-corrected chi connectivity index (χ1v) is 14.8. The second kappa shape index (κ2) is 12.0. The maximum atomic E-state index is 13.3. The van der Waals surface area contributed by atoms with Crippen LogP contribution in [0.3, 0.4) is 0 Å². The molecule has 3 N–H and O–H groups in total. The van der Waals surface area contributed by atoms with E-state index in [9.17, 15) is 19.2 Å². The highest BCUT2D eigenvalue weighted by molar-refractivity contribution is 7.88. The number of para-hydroxylation sites is 1. The van der Waals surface area contributed by atoms with Gasteiger partial charge in [-0.15, -0.1) is 11.3 Å². The van der Waals surface area contributed by atoms with E-state index in [-0.39, 0.29) is 23.0 Å². The van der Waals surface area contributed by atoms with Crippen LogP contribution in [0.25, 0.3) is 0 Å². The van der Waals surface area contributed by atoms with Crippen molar-refractivity contribution in [2.75, 3.05) is 11.3 Å². The number of ether oxygens (including phenoxy) is 1. The molecule has 2 aromatic carbocycles. The van der Waals surface area contributed by atoms with Crippen LogP contribution < -0.4 is 9.46 Å². The van der Waals surface area contributed by atoms with Gasteiger partial charge >= 0.3 is 5.97 Å². The third-order valence-electron chi connectivity index (χ3n) is 7.20. The van der Waals surface area contributed by atoms with E-state index in [1.807, 2.05) is 40.7 Å². The van der Waals surface area contributed by atoms with Gasteiger partial charge in [0.2, 0.25) is 0 Å². The number of aromatic carboxylic acids is 1. The predicted octanol–water partition coefficient (Wildman–Crippen LogP) is 7.09. The number of anilines is 1. The highest BCUT2D eigenvalue weighted by Gasteiger charge is 2.34. The highest BCUT2D eigenvalue weighted by atomic mass is 32.2. The predicted molar refractivity (Wildman–Crippen MR) is 156 cm³/mol. The van der Waals surface area contributed by atoms with Gasteiger partial charge in [-0.05, 0) is 73.1 Å². The molecule has 2 unspecified atom stereocenters. The number of thiophene rings is 1. The summed E-state index contributed by atoms with van der Waals surface area (Å²) in [4.78, 5) is 12.7. The van der Waals surface area contributed by atoms with Gasteiger partial charge in [-0.1, -0.05) is 58.9 Å². The van der Waals surface area contributed by atoms with Crippen molar-refractivity contribution in [2.24, 2.45) is 5.41 Å². The number of carboxylic acids is 1. The van der Waals surface area contributed by atoms with Crippen molar-refractivity contribution < 1.29 is 24.0 Å². The molecule has 0 bridgehead atoms. The monoisotopic (exact) mass is 557 g/mol. The highest BCUT2D eigenvalue weighted by Crippen LogP contribution is 2.45. The number of aliphatic hydroxyl groups excluding tert-OH is 1. The van der Waals surface area contributed by atoms with Crippen molar-refractivity contribution in [3.8, 4) is 5.75 Å². The zero-order valence-corrected chi connectivity index (χ0v) is 24.9. The quantitative estimate of drug-likeness (QED) is 0.234. The topological polar surface area (TPSA) is 95.9 Å². The van der Waals surface area contributed by atoms with Crippen molar-refractivity contribution >= 4 is 34.0 Å². The molecule has 0 aliphatic rings. The maximum Gasteiger partial charge on any atom is 0.337 e. The smallest absolute Gasteiger partial charge is 0.337 e. The van der Waals surface area contributed by atoms with Gasteiger partial charge in [0.25, 0.3) is 0 Å². The standard InChI is InChI=1S/C30H39NO5S2/c1-8-30(9-2,21-14-15-24(19(3)16-21)36-18-25(32)29(5,6)7)26-17-20(4)28(37-26)38(35)31-23-13-11-10-12-22(23)27(33)34/h10-17,25,31-32H,8-9,18H2,1-7H3,(H,33,34). The first-order chi connectivity index (χ1) is 17.8. The number of nitrogens with one attached hydrogen (secondary N) is 1. The van der Waals surface area contributed by atoms with Crippen molar-refractivity contribution in [2.45, 2.75) is 77.0 Å². The molecule has 1 aromatic heterocycles. The summed E-state index contributed by atoms with van der Waals surface area (Å²) in [7, 11) is -1.61. The zero-order chi connectivity index (χ0) is 28.3. The first kappa shape index (κ1) is 29.9. The van der Waals surface area contributed by atoms with Gasteiger partial charge in [0, 0.05) is 10.3 Å². The van der Waals surface area contributed by atoms with Crippen LogP contribution in [0, 0.1) is 19.3 Å². The Bertz CT molecular complexity index is 1300. The first-order valence-electron chi connectivity index (χ1n) is 12.9. The number of carboxylic acid groups (broad SMARTS) is 1. The molecule has 0 spiro atoms. The third kappa shape index (κ3) is 6.30. The molecule has 0 amide bonds. The Labute approximate surface area is 232 Å². The lowest BCUT2D eigenvalue weighted by molar-refractivity contribution is 0.0216. The molecule has 2 atom stereocenters. The second-order valence-corrected chi connectivity index (χ2v) is 13.2. The van der Waals surface area contributed by atoms with Crippen LogP contribution in [-0.4, -0.2) is 33.1 Å². The van der Waals surface area contributed by atoms with E-state index >= 15 is 0 Å². The number of aliphatic hydroxyl groups is 1. The second-order valence-electron chi connectivity index (χ2n) is 10.8. The number of carbonyl (C=O) groups is 1. The summed E-state index contributed by atoms with van der Waals surface area (Å²) in [6.07, 6.45) is 1.14. The number of hydrogen-bond acceptors (Lipinski definition) is 5. The summed E-state index contributed by atoms with van der Waals surface area (Å²) in [5.74, 6) is -0.316. The van der Waals surface area contributed by atoms with Crippen molar-refractivity contribution in [1.82, 2.24) is 0 Å². The van der Waals surface area contributed by atoms with Gasteiger partial charge in [-0.25, -0.2) is 9.00 Å². The summed E-state index contributed by atoms with van der Waals surface area (Å²) in [5.41, 5.74) is 2.94. The molecule has 38 heavy (non-hydrogen) atoms. The van der Waals surface area contributed by atoms with Gasteiger partial charge in [0.1, 0.15) is 16.6 Å². The fraction of sp³-hybridized carbons (Fsp3) is 0.433. The Morgan fingerprint density at radius 1 is 1.05 bits per heavy atom. The summed E-state index contributed by atoms with van der Waals surface area (Å²) < 4.78 is 22.9. The molecule has 0 aliphatic carbocycles. The minimum atomic E-state index is -1.61. The molecule has 8 heteroatoms. The SMILES string of the molecule is CCC(CC)(c1ccc(OCC(O)C(C)(C)C)c(C)c1)c1cc(C)c(S(=O)Nc2ccccc2C(=O)O)s1. The summed E-state index contributed by atoms with van der Waals surface area (Å²) >= 11 is 1.50. The molecule has 3 rings (SSSR count). The van der Waals surface area contributed by atoms with Crippen molar-refractivity contribution in [1.29, 1.82) is 0 Å². The van der Waals surface area contributed by atoms with Crippen LogP contribution in [0.1, 0.15) is 79.4 Å². The van der Waals surface area contributed by atoms with Crippen LogP contribution in [-0.2, 0) is 16.4 Å². The Morgan fingerprint density at radius 3 is 2.29 bits per heavy atom. The van der Waals surface area contributed by atoms with Crippen LogP contribution in [0.2, 0.25) is 0 Å². The van der Waals surface area contributed by atoms with E-state index in [1.165, 1.54) is 17.4 Å². The Kier molecular flexibility index (Phi) is 9.44. The summed E-state index contributed by atoms with van der Waals surface area (Å²) in [5, 5.41) is 19.9. The van der Waals surface area contributed by atoms with E-state index in [0.717, 1.165) is 40.2 Å². The van der Waals surface area contributed by atoms with Gasteiger partial charge in [-0.2, -0.15) is 0 Å². The lowest BCUT2D eigenvalue weighted by Gasteiger charge is -2.32. The molecule has 6 nitrogen and oxygen atoms in total. The fourth-order valence-electron chi connectivity index (χ4n) is 4.47. The van der Waals surface area contributed by atoms with Crippen LogP contribution in [0.5, 0.6) is 5.75 Å². The van der Waals surface area contributed by atoms with Crippen molar-refractivity contribution in [3.05, 3.63) is 75.7 Å². The summed E-state index contributed by atoms with van der Waals surface area (Å²) in [6.45, 7) is 14.5. The van der Waals surface area contributed by atoms with Crippen molar-refractivity contribution in [3.63, 3.8) is 0 Å². The number of benzene rings is 2. The van der Waals surface area contributed by atoms with E-state index in [4.69, 9.17) is 4.74 Å². The zero-order valence-electron chi connectivity index (χ0n) is 23.3. The normalized spacial score (nSPS) is 13.7. The Morgan fingerprint density at radius 2 is 1.71 bits per heavy atom. The molecule has 0 saturated heterocycles. The van der Waals surface area contributed by atoms with E-state index in [0.29, 0.717) is 9.90 Å². The molecule has 0 radical (unpaired) electrons. The van der Waals surface area contributed by atoms with Gasteiger partial charge in [0.15, 0.2) is 11.0 Å². The lowest BCUT2D eigenvalue weighted by Crippen LogP contribution is -2.32. The molecule has 0 fully saturated rings. The number of rotatable bonds is 11. The number of hydrogen-bond donors (Lipinski definition) is 3. The van der Waals surface area contributed by atoms with E-state index in [1.54, 1.807) is 18.2 Å². The molecule has 1 heterocycles. The Hall–Kier alpha value is -2.68. The fourth-order valence-corrected chi connectivity index (χ4v) is 7.24. The Balaban J connectivity index is 1.91. The van der Waals surface area contributed by atoms with E-state index in [2.05, 4.69) is 36.8 Å². The number of aryl methyl sites for hydroxylation is 2. The minimum absolute atomic E-state index is 0.0829. The van der Waals surface area contributed by atoms with Crippen LogP contribution >= 0.6 is 11.3 Å². The molecule has 206 valence electrons. The molecule has 0 saturated carbocycles. The molecule has 3 aromatic rings. The molecular formula is C30H39NO5S2. The average molecular weight is 558 g/mol. The van der Waals surface area contributed by atoms with Crippen LogP contribution in [0.4, 0.5) is 5.69 Å². The maximum absolute atomic E-state index is 13.3.